The molecule has 0 aromatic carbocycles. The highest BCUT2D eigenvalue weighted by Crippen LogP contribution is 2.31. The van der Waals surface area contributed by atoms with Crippen molar-refractivity contribution in [2.75, 3.05) is 11.5 Å². The zero-order chi connectivity index (χ0) is 15.6. The molecule has 0 aliphatic rings. The van der Waals surface area contributed by atoms with Gasteiger partial charge in [-0.05, 0) is 13.8 Å². The zero-order valence-corrected chi connectivity index (χ0v) is 12.8. The van der Waals surface area contributed by atoms with E-state index in [1.54, 1.807) is 11.8 Å². The van der Waals surface area contributed by atoms with Crippen LogP contribution in [0.25, 0.3) is 0 Å². The molecule has 116 valence electrons. The number of nitrogens with zero attached hydrogens (tertiary/aromatic N) is 2. The molecule has 6 nitrogen and oxygen atoms in total. The van der Waals surface area contributed by atoms with E-state index in [9.17, 15) is 20.4 Å². The van der Waals surface area contributed by atoms with E-state index in [-0.39, 0.29) is 35.6 Å². The Bertz CT molecular complexity index is 517. The van der Waals surface area contributed by atoms with Crippen LogP contribution in [0.1, 0.15) is 25.9 Å². The maximum Gasteiger partial charge on any atom is 0.194 e. The molecule has 0 radical (unpaired) electrons. The van der Waals surface area contributed by atoms with Crippen molar-refractivity contribution in [3.05, 3.63) is 24.3 Å². The van der Waals surface area contributed by atoms with Gasteiger partial charge in [0.2, 0.25) is 0 Å². The first-order chi connectivity index (χ1) is 9.91. The van der Waals surface area contributed by atoms with Crippen LogP contribution in [0, 0.1) is 0 Å². The number of rotatable bonds is 6. The van der Waals surface area contributed by atoms with Gasteiger partial charge in [-0.15, -0.1) is 0 Å². The molecular weight excluding hydrogens is 292 g/mol. The van der Waals surface area contributed by atoms with Crippen LogP contribution in [0.4, 0.5) is 0 Å². The van der Waals surface area contributed by atoms with Crippen molar-refractivity contribution in [2.45, 2.75) is 25.9 Å². The van der Waals surface area contributed by atoms with Gasteiger partial charge in [0.05, 0.1) is 0 Å². The van der Waals surface area contributed by atoms with Gasteiger partial charge in [-0.2, -0.15) is 11.8 Å². The van der Waals surface area contributed by atoms with Gasteiger partial charge in [0.1, 0.15) is 0 Å². The first-order valence-corrected chi connectivity index (χ1v) is 7.83. The number of aromatic nitrogens is 2. The summed E-state index contributed by atoms with van der Waals surface area (Å²) in [4.78, 5) is 0. The van der Waals surface area contributed by atoms with Crippen LogP contribution in [0.15, 0.2) is 24.3 Å². The van der Waals surface area contributed by atoms with Gasteiger partial charge >= 0.3 is 0 Å². The molecule has 0 saturated carbocycles. The first kappa shape index (κ1) is 15.5. The highest BCUT2D eigenvalue weighted by atomic mass is 32.2. The van der Waals surface area contributed by atoms with Gasteiger partial charge in [-0.3, -0.25) is 9.13 Å². The standard InChI is InChI=1S/C14H20N2O4S/c1-9(15-11(17)3-4-12(15)18)7-21-8-10(2)16-13(19)5-6-14(16)20/h3-6,9-10,17-20H,7-8H2,1-2H3. The summed E-state index contributed by atoms with van der Waals surface area (Å²) in [7, 11) is 0. The van der Waals surface area contributed by atoms with Gasteiger partial charge in [-0.25, -0.2) is 0 Å². The summed E-state index contributed by atoms with van der Waals surface area (Å²) >= 11 is 1.61. The van der Waals surface area contributed by atoms with Crippen LogP contribution in [0.2, 0.25) is 0 Å². The fourth-order valence-electron chi connectivity index (χ4n) is 2.32. The Morgan fingerprint density at radius 1 is 0.762 bits per heavy atom. The van der Waals surface area contributed by atoms with Crippen molar-refractivity contribution in [2.24, 2.45) is 0 Å². The van der Waals surface area contributed by atoms with Crippen LogP contribution in [-0.2, 0) is 0 Å². The quantitative estimate of drug-likeness (QED) is 0.658. The van der Waals surface area contributed by atoms with E-state index < -0.39 is 0 Å². The van der Waals surface area contributed by atoms with E-state index >= 15 is 0 Å². The summed E-state index contributed by atoms with van der Waals surface area (Å²) in [5.74, 6) is 1.51. The molecule has 2 aromatic rings. The monoisotopic (exact) mass is 312 g/mol. The van der Waals surface area contributed by atoms with Crippen molar-refractivity contribution in [3.8, 4) is 23.5 Å². The minimum absolute atomic E-state index is 0.0364. The fraction of sp³-hybridized carbons (Fsp3) is 0.429. The molecule has 0 aliphatic heterocycles. The third-order valence-electron chi connectivity index (χ3n) is 3.35. The zero-order valence-electron chi connectivity index (χ0n) is 12.0. The molecule has 21 heavy (non-hydrogen) atoms. The Kier molecular flexibility index (Phi) is 4.62. The molecule has 0 spiro atoms. The Morgan fingerprint density at radius 2 is 1.05 bits per heavy atom. The molecule has 0 aliphatic carbocycles. The topological polar surface area (TPSA) is 90.8 Å². The Labute approximate surface area is 127 Å². The second-order valence-corrected chi connectivity index (χ2v) is 6.15. The molecule has 0 bridgehead atoms. The Morgan fingerprint density at radius 3 is 1.33 bits per heavy atom. The first-order valence-electron chi connectivity index (χ1n) is 6.68. The van der Waals surface area contributed by atoms with Crippen molar-refractivity contribution >= 4 is 11.8 Å². The number of hydrogen-bond donors (Lipinski definition) is 4. The number of hydrogen-bond acceptors (Lipinski definition) is 5. The second-order valence-electron chi connectivity index (χ2n) is 5.07. The minimum atomic E-state index is -0.0657. The van der Waals surface area contributed by atoms with Gasteiger partial charge in [0.25, 0.3) is 0 Å². The van der Waals surface area contributed by atoms with E-state index in [2.05, 4.69) is 0 Å². The van der Waals surface area contributed by atoms with Gasteiger partial charge < -0.3 is 20.4 Å². The van der Waals surface area contributed by atoms with Crippen LogP contribution in [0.5, 0.6) is 23.5 Å². The van der Waals surface area contributed by atoms with Crippen LogP contribution in [0.3, 0.4) is 0 Å². The minimum Gasteiger partial charge on any atom is -0.494 e. The molecule has 2 rings (SSSR count). The number of thioether (sulfide) groups is 1. The average Bonchev–Trinajstić information content (AvgIpc) is 2.92. The summed E-state index contributed by atoms with van der Waals surface area (Å²) in [6.07, 6.45) is 0. The largest absolute Gasteiger partial charge is 0.494 e. The van der Waals surface area contributed by atoms with Gasteiger partial charge in [-0.1, -0.05) is 0 Å². The fourth-order valence-corrected chi connectivity index (χ4v) is 3.43. The molecule has 4 N–H and O–H groups in total. The average molecular weight is 312 g/mol. The molecular formula is C14H20N2O4S. The summed E-state index contributed by atoms with van der Waals surface area (Å²) in [5.41, 5.74) is 0. The summed E-state index contributed by atoms with van der Waals surface area (Å²) < 4.78 is 2.92. The van der Waals surface area contributed by atoms with Crippen LogP contribution >= 0.6 is 11.8 Å². The second kappa shape index (κ2) is 6.26. The van der Waals surface area contributed by atoms with Crippen LogP contribution in [-0.4, -0.2) is 41.1 Å². The molecule has 0 saturated heterocycles. The molecule has 2 heterocycles. The van der Waals surface area contributed by atoms with E-state index in [1.165, 1.54) is 33.4 Å². The summed E-state index contributed by atoms with van der Waals surface area (Å²) in [6, 6.07) is 5.68. The molecule has 0 fully saturated rings. The lowest BCUT2D eigenvalue weighted by Crippen LogP contribution is -2.10. The van der Waals surface area contributed by atoms with Crippen molar-refractivity contribution in [1.82, 2.24) is 9.13 Å². The third kappa shape index (κ3) is 3.24. The predicted octanol–water partition coefficient (Wildman–Crippen LogP) is 2.67. The molecule has 2 unspecified atom stereocenters. The van der Waals surface area contributed by atoms with Crippen LogP contribution < -0.4 is 0 Å². The van der Waals surface area contributed by atoms with E-state index in [4.69, 9.17) is 0 Å². The van der Waals surface area contributed by atoms with E-state index in [0.29, 0.717) is 11.5 Å². The smallest absolute Gasteiger partial charge is 0.194 e. The Balaban J connectivity index is 1.90. The number of aromatic hydroxyl groups is 4. The highest BCUT2D eigenvalue weighted by Gasteiger charge is 2.16. The lowest BCUT2D eigenvalue weighted by Gasteiger charge is -2.19. The Hall–Kier alpha value is -1.89. The molecule has 7 heteroatoms. The van der Waals surface area contributed by atoms with Crippen molar-refractivity contribution in [3.63, 3.8) is 0 Å². The van der Waals surface area contributed by atoms with Gasteiger partial charge in [0.15, 0.2) is 23.5 Å². The molecule has 2 aromatic heterocycles. The lowest BCUT2D eigenvalue weighted by atomic mass is 10.4. The summed E-state index contributed by atoms with van der Waals surface area (Å²) in [6.45, 7) is 3.81. The lowest BCUT2D eigenvalue weighted by molar-refractivity contribution is 0.350. The highest BCUT2D eigenvalue weighted by molar-refractivity contribution is 7.99. The normalized spacial score (nSPS) is 14.2. The van der Waals surface area contributed by atoms with E-state index in [1.807, 2.05) is 13.8 Å². The SMILES string of the molecule is CC(CSCC(C)n1c(O)ccc1O)n1c(O)ccc1O. The van der Waals surface area contributed by atoms with Gasteiger partial charge in [0, 0.05) is 47.9 Å². The van der Waals surface area contributed by atoms with Crippen molar-refractivity contribution in [1.29, 1.82) is 0 Å². The maximum absolute atomic E-state index is 9.66. The third-order valence-corrected chi connectivity index (χ3v) is 4.79. The summed E-state index contributed by atoms with van der Waals surface area (Å²) in [5, 5.41) is 38.6. The molecule has 2 atom stereocenters. The van der Waals surface area contributed by atoms with E-state index in [0.717, 1.165) is 0 Å². The maximum atomic E-state index is 9.66. The van der Waals surface area contributed by atoms with Crippen molar-refractivity contribution < 1.29 is 20.4 Å². The predicted molar refractivity (Wildman–Crippen MR) is 82.3 cm³/mol. The molecule has 0 amide bonds.